The van der Waals surface area contributed by atoms with Crippen LogP contribution in [0.3, 0.4) is 0 Å². The van der Waals surface area contributed by atoms with E-state index < -0.39 is 5.60 Å². The molecule has 1 aromatic rings. The minimum atomic E-state index is -0.474. The maximum absolute atomic E-state index is 12.2. The summed E-state index contributed by atoms with van der Waals surface area (Å²) in [7, 11) is 1.00. The number of anilines is 1. The van der Waals surface area contributed by atoms with Crippen molar-refractivity contribution in [3.63, 3.8) is 0 Å². The summed E-state index contributed by atoms with van der Waals surface area (Å²) < 4.78 is 11.3. The molecule has 0 fully saturated rings. The van der Waals surface area contributed by atoms with E-state index in [4.69, 9.17) is 20.3 Å². The highest BCUT2D eigenvalue weighted by molar-refractivity contribution is 5.76. The average molecular weight is 379 g/mol. The van der Waals surface area contributed by atoms with Gasteiger partial charge in [-0.3, -0.25) is 0 Å². The molecule has 1 aromatic carbocycles. The van der Waals surface area contributed by atoms with Crippen LogP contribution in [0, 0.1) is 6.92 Å². The molecule has 1 amide bonds. The minimum absolute atomic E-state index is 0.0702. The Morgan fingerprint density at radius 3 is 2.37 bits per heavy atom. The van der Waals surface area contributed by atoms with Gasteiger partial charge in [-0.2, -0.15) is 0 Å². The molecule has 1 heterocycles. The highest BCUT2D eigenvalue weighted by Gasteiger charge is 2.24. The van der Waals surface area contributed by atoms with Crippen LogP contribution in [0.2, 0.25) is 0 Å². The predicted molar refractivity (Wildman–Crippen MR) is 110 cm³/mol. The van der Waals surface area contributed by atoms with Gasteiger partial charge in [0.05, 0.1) is 11.8 Å². The number of ether oxygens (including phenoxy) is 2. The monoisotopic (exact) mass is 378 g/mol. The molecule has 3 N–H and O–H groups in total. The van der Waals surface area contributed by atoms with Crippen molar-refractivity contribution in [2.24, 2.45) is 0 Å². The number of nitrogens with two attached hydrogens (primary N) is 1. The first-order chi connectivity index (χ1) is 12.6. The lowest BCUT2D eigenvalue weighted by atomic mass is 9.95. The van der Waals surface area contributed by atoms with Crippen LogP contribution >= 0.6 is 0 Å². The molecule has 0 aromatic heterocycles. The van der Waals surface area contributed by atoms with E-state index in [0.29, 0.717) is 24.5 Å². The van der Waals surface area contributed by atoms with Gasteiger partial charge in [-0.1, -0.05) is 6.08 Å². The molecule has 27 heavy (non-hydrogen) atoms. The van der Waals surface area contributed by atoms with Crippen molar-refractivity contribution in [2.75, 3.05) is 25.9 Å². The van der Waals surface area contributed by atoms with E-state index in [0.717, 1.165) is 24.7 Å². The van der Waals surface area contributed by atoms with Crippen molar-refractivity contribution >= 4 is 17.4 Å². The van der Waals surface area contributed by atoms with Crippen molar-refractivity contribution in [1.29, 1.82) is 0 Å². The lowest BCUT2D eigenvalue weighted by molar-refractivity contribution is 0.0270. The van der Waals surface area contributed by atoms with Crippen molar-refractivity contribution in [3.8, 4) is 5.75 Å². The number of benzene rings is 1. The van der Waals surface area contributed by atoms with Crippen LogP contribution in [-0.2, 0) is 4.74 Å². The van der Waals surface area contributed by atoms with Gasteiger partial charge >= 0.3 is 6.09 Å². The summed E-state index contributed by atoms with van der Waals surface area (Å²) >= 11 is 0. The van der Waals surface area contributed by atoms with Crippen LogP contribution < -0.4 is 10.5 Å². The fraction of sp³-hybridized carbons (Fsp3) is 0.571. The minimum Gasteiger partial charge on any atom is -0.489 e. The van der Waals surface area contributed by atoms with Crippen molar-refractivity contribution in [1.82, 2.24) is 4.90 Å². The molecule has 0 saturated heterocycles. The second-order valence-corrected chi connectivity index (χ2v) is 7.78. The van der Waals surface area contributed by atoms with E-state index in [1.807, 2.05) is 53.7 Å². The highest BCUT2D eigenvalue weighted by Crippen LogP contribution is 2.33. The molecule has 1 aliphatic heterocycles. The Balaban J connectivity index is 0.00000176. The number of aliphatic hydroxyl groups is 1. The van der Waals surface area contributed by atoms with Crippen molar-refractivity contribution in [3.05, 3.63) is 29.3 Å². The topological polar surface area (TPSA) is 85.0 Å². The molecule has 0 aliphatic carbocycles. The Labute approximate surface area is 162 Å². The normalized spacial score (nSPS) is 14.3. The SMILES string of the molecule is CO.Cc1cc(N)c(OC(C)C)cc1C1=CCN(C(=O)OC(C)(C)C)CC1. The molecule has 152 valence electrons. The Bertz CT molecular complexity index is 675. The van der Waals surface area contributed by atoms with Crippen LogP contribution in [0.5, 0.6) is 5.75 Å². The van der Waals surface area contributed by atoms with E-state index in [2.05, 4.69) is 6.08 Å². The number of rotatable bonds is 3. The third-order valence-corrected chi connectivity index (χ3v) is 3.93. The molecule has 1 aliphatic rings. The lowest BCUT2D eigenvalue weighted by Crippen LogP contribution is -2.39. The second-order valence-electron chi connectivity index (χ2n) is 7.78. The molecule has 0 saturated carbocycles. The fourth-order valence-electron chi connectivity index (χ4n) is 2.82. The van der Waals surface area contributed by atoms with Crippen molar-refractivity contribution < 1.29 is 19.4 Å². The summed E-state index contributed by atoms with van der Waals surface area (Å²) in [4.78, 5) is 13.9. The number of hydrogen-bond acceptors (Lipinski definition) is 5. The molecule has 0 radical (unpaired) electrons. The van der Waals surface area contributed by atoms with Gasteiger partial charge in [0.15, 0.2) is 0 Å². The number of aliphatic hydroxyl groups excluding tert-OH is 1. The molecule has 0 bridgehead atoms. The highest BCUT2D eigenvalue weighted by atomic mass is 16.6. The zero-order valence-electron chi connectivity index (χ0n) is 17.6. The Morgan fingerprint density at radius 2 is 1.89 bits per heavy atom. The van der Waals surface area contributed by atoms with Gasteiger partial charge in [0.1, 0.15) is 11.4 Å². The van der Waals surface area contributed by atoms with Gasteiger partial charge < -0.3 is 25.2 Å². The standard InChI is InChI=1S/C20H30N2O3.CH4O/c1-13(2)24-18-12-16(14(3)11-17(18)21)15-7-9-22(10-8-15)19(23)25-20(4,5)6;1-2/h7,11-13H,8-10,21H2,1-6H3;2H,1H3. The molecular formula is C21H34N2O4. The number of carbonyl (C=O) groups is 1. The molecule has 0 unspecified atom stereocenters. The predicted octanol–water partition coefficient (Wildman–Crippen LogP) is 4.00. The number of amides is 1. The van der Waals surface area contributed by atoms with E-state index in [-0.39, 0.29) is 12.2 Å². The number of carbonyl (C=O) groups excluding carboxylic acids is 1. The van der Waals surface area contributed by atoms with E-state index >= 15 is 0 Å². The summed E-state index contributed by atoms with van der Waals surface area (Å²) in [5.41, 5.74) is 9.72. The van der Waals surface area contributed by atoms with Crippen molar-refractivity contribution in [2.45, 2.75) is 59.7 Å². The molecule has 6 nitrogen and oxygen atoms in total. The van der Waals surface area contributed by atoms with Gasteiger partial charge in [0.25, 0.3) is 0 Å². The maximum atomic E-state index is 12.2. The zero-order chi connectivity index (χ0) is 20.8. The molecular weight excluding hydrogens is 344 g/mol. The largest absolute Gasteiger partial charge is 0.489 e. The van der Waals surface area contributed by atoms with Gasteiger partial charge in [0.2, 0.25) is 0 Å². The first-order valence-electron chi connectivity index (χ1n) is 9.25. The first kappa shape index (κ1) is 22.8. The number of nitrogens with zero attached hydrogens (tertiary/aromatic N) is 1. The number of nitrogen functional groups attached to an aromatic ring is 1. The van der Waals surface area contributed by atoms with Gasteiger partial charge in [-0.05, 0) is 76.8 Å². The number of hydrogen-bond donors (Lipinski definition) is 2. The van der Waals surface area contributed by atoms with Crippen LogP contribution in [0.15, 0.2) is 18.2 Å². The quantitative estimate of drug-likeness (QED) is 0.777. The Hall–Kier alpha value is -2.21. The van der Waals surface area contributed by atoms with Gasteiger partial charge in [0, 0.05) is 20.2 Å². The lowest BCUT2D eigenvalue weighted by Gasteiger charge is -2.30. The number of aryl methyl sites for hydroxylation is 1. The first-order valence-corrected chi connectivity index (χ1v) is 9.25. The second kappa shape index (κ2) is 9.65. The van der Waals surface area contributed by atoms with Crippen LogP contribution in [0.4, 0.5) is 10.5 Å². The third-order valence-electron chi connectivity index (χ3n) is 3.93. The van der Waals surface area contributed by atoms with E-state index in [1.54, 1.807) is 4.90 Å². The Kier molecular flexibility index (Phi) is 8.16. The maximum Gasteiger partial charge on any atom is 0.410 e. The molecule has 6 heteroatoms. The summed E-state index contributed by atoms with van der Waals surface area (Å²) in [5.74, 6) is 0.714. The van der Waals surface area contributed by atoms with Gasteiger partial charge in [-0.25, -0.2) is 4.79 Å². The zero-order valence-corrected chi connectivity index (χ0v) is 17.6. The van der Waals surface area contributed by atoms with E-state index in [1.165, 1.54) is 5.57 Å². The van der Waals surface area contributed by atoms with Crippen LogP contribution in [0.25, 0.3) is 5.57 Å². The Morgan fingerprint density at radius 1 is 1.26 bits per heavy atom. The third kappa shape index (κ3) is 6.79. The van der Waals surface area contributed by atoms with Gasteiger partial charge in [-0.15, -0.1) is 0 Å². The summed E-state index contributed by atoms with van der Waals surface area (Å²) in [6, 6.07) is 3.97. The molecule has 2 rings (SSSR count). The van der Waals surface area contributed by atoms with Crippen LogP contribution in [0.1, 0.15) is 52.2 Å². The van der Waals surface area contributed by atoms with Crippen LogP contribution in [-0.4, -0.2) is 48.0 Å². The fourth-order valence-corrected chi connectivity index (χ4v) is 2.82. The summed E-state index contributed by atoms with van der Waals surface area (Å²) in [6.07, 6.45) is 2.68. The average Bonchev–Trinajstić information content (AvgIpc) is 2.57. The molecule has 0 spiro atoms. The smallest absolute Gasteiger partial charge is 0.410 e. The summed E-state index contributed by atoms with van der Waals surface area (Å²) in [5, 5.41) is 7.00. The summed E-state index contributed by atoms with van der Waals surface area (Å²) in [6.45, 7) is 12.8. The van der Waals surface area contributed by atoms with E-state index in [9.17, 15) is 4.79 Å². The molecule has 0 atom stereocenters.